The topological polar surface area (TPSA) is 88.5 Å². The number of benzene rings is 2. The molecule has 0 spiro atoms. The third kappa shape index (κ3) is 4.47. The van der Waals surface area contributed by atoms with E-state index in [1.807, 2.05) is 48.5 Å². The van der Waals surface area contributed by atoms with Gasteiger partial charge < -0.3 is 9.64 Å². The normalized spacial score (nSPS) is 20.6. The minimum absolute atomic E-state index is 0.0414. The molecule has 1 fully saturated rings. The van der Waals surface area contributed by atoms with Gasteiger partial charge in [0.25, 0.3) is 0 Å². The predicted octanol–water partition coefficient (Wildman–Crippen LogP) is 4.05. The molecule has 2 unspecified atom stereocenters. The zero-order valence-corrected chi connectivity index (χ0v) is 21.7. The number of aromatic nitrogens is 3. The van der Waals surface area contributed by atoms with Crippen molar-refractivity contribution in [2.24, 2.45) is 0 Å². The molecule has 6 rings (SSSR count). The summed E-state index contributed by atoms with van der Waals surface area (Å²) in [6, 6.07) is 18.9. The van der Waals surface area contributed by atoms with E-state index in [9.17, 15) is 8.42 Å². The highest BCUT2D eigenvalue weighted by molar-refractivity contribution is 7.89. The maximum atomic E-state index is 13.9. The van der Waals surface area contributed by atoms with Crippen LogP contribution in [-0.4, -0.2) is 59.5 Å². The predicted molar refractivity (Wildman–Crippen MR) is 143 cm³/mol. The third-order valence-corrected chi connectivity index (χ3v) is 8.84. The second kappa shape index (κ2) is 9.48. The fourth-order valence-electron chi connectivity index (χ4n) is 5.33. The molecule has 0 radical (unpaired) electrons. The first kappa shape index (κ1) is 24.0. The molecule has 2 aromatic carbocycles. The summed E-state index contributed by atoms with van der Waals surface area (Å²) in [5.74, 6) is 1.46. The molecule has 37 heavy (non-hydrogen) atoms. The molecule has 4 heterocycles. The number of para-hydroxylation sites is 1. The smallest absolute Gasteiger partial charge is 0.245 e. The van der Waals surface area contributed by atoms with E-state index in [0.717, 1.165) is 28.0 Å². The number of nitrogens with zero attached hydrogens (tertiary/aromatic N) is 5. The number of hydrogen-bond donors (Lipinski definition) is 0. The van der Waals surface area contributed by atoms with Crippen LogP contribution in [0.5, 0.6) is 0 Å². The van der Waals surface area contributed by atoms with Gasteiger partial charge in [0.15, 0.2) is 5.82 Å². The average Bonchev–Trinajstić information content (AvgIpc) is 2.91. The van der Waals surface area contributed by atoms with Gasteiger partial charge in [0.2, 0.25) is 10.0 Å². The molecule has 2 aromatic heterocycles. The van der Waals surface area contributed by atoms with Crippen molar-refractivity contribution in [2.45, 2.75) is 43.9 Å². The van der Waals surface area contributed by atoms with Gasteiger partial charge in [0.1, 0.15) is 10.7 Å². The van der Waals surface area contributed by atoms with E-state index < -0.39 is 10.0 Å². The van der Waals surface area contributed by atoms with Crippen molar-refractivity contribution >= 4 is 26.7 Å². The van der Waals surface area contributed by atoms with E-state index in [-0.39, 0.29) is 23.6 Å². The van der Waals surface area contributed by atoms with Crippen LogP contribution in [-0.2, 0) is 27.7 Å². The van der Waals surface area contributed by atoms with Gasteiger partial charge in [0.05, 0.1) is 23.4 Å². The number of anilines is 1. The molecule has 0 saturated carbocycles. The summed E-state index contributed by atoms with van der Waals surface area (Å²) in [5, 5.41) is 0.800. The fraction of sp³-hybridized carbons (Fsp3) is 0.321. The van der Waals surface area contributed by atoms with E-state index in [2.05, 4.69) is 23.7 Å². The van der Waals surface area contributed by atoms with Crippen molar-refractivity contribution in [1.29, 1.82) is 0 Å². The molecule has 190 valence electrons. The van der Waals surface area contributed by atoms with E-state index in [1.165, 1.54) is 0 Å². The first-order valence-corrected chi connectivity index (χ1v) is 14.0. The summed E-state index contributed by atoms with van der Waals surface area (Å²) in [4.78, 5) is 16.8. The van der Waals surface area contributed by atoms with Crippen LogP contribution < -0.4 is 4.90 Å². The van der Waals surface area contributed by atoms with Gasteiger partial charge in [0, 0.05) is 55.3 Å². The van der Waals surface area contributed by atoms with Gasteiger partial charge in [-0.1, -0.05) is 48.5 Å². The highest BCUT2D eigenvalue weighted by Crippen LogP contribution is 2.34. The largest absolute Gasteiger partial charge is 0.372 e. The number of sulfonamides is 1. The van der Waals surface area contributed by atoms with Gasteiger partial charge in [-0.3, -0.25) is 4.98 Å². The van der Waals surface area contributed by atoms with Gasteiger partial charge in [-0.2, -0.15) is 4.31 Å². The number of hydrogen-bond acceptors (Lipinski definition) is 7. The Kier molecular flexibility index (Phi) is 6.14. The lowest BCUT2D eigenvalue weighted by Gasteiger charge is -2.38. The van der Waals surface area contributed by atoms with Crippen LogP contribution in [0.4, 0.5) is 5.82 Å². The van der Waals surface area contributed by atoms with Crippen molar-refractivity contribution in [2.75, 3.05) is 24.5 Å². The van der Waals surface area contributed by atoms with E-state index in [1.54, 1.807) is 22.6 Å². The Hall–Kier alpha value is -3.40. The average molecular weight is 516 g/mol. The third-order valence-electron chi connectivity index (χ3n) is 6.97. The lowest BCUT2D eigenvalue weighted by atomic mass is 10.1. The molecule has 0 bridgehead atoms. The lowest BCUT2D eigenvalue weighted by molar-refractivity contribution is -0.00555. The van der Waals surface area contributed by atoms with Crippen molar-refractivity contribution in [1.82, 2.24) is 19.3 Å². The minimum Gasteiger partial charge on any atom is -0.372 e. The van der Waals surface area contributed by atoms with Crippen LogP contribution >= 0.6 is 0 Å². The first-order valence-electron chi connectivity index (χ1n) is 12.6. The first-order chi connectivity index (χ1) is 17.9. The molecule has 0 aliphatic carbocycles. The summed E-state index contributed by atoms with van der Waals surface area (Å²) in [6.45, 7) is 6.03. The maximum absolute atomic E-state index is 13.9. The zero-order chi connectivity index (χ0) is 25.6. The molecule has 4 aromatic rings. The molecule has 9 heteroatoms. The Morgan fingerprint density at radius 3 is 2.46 bits per heavy atom. The van der Waals surface area contributed by atoms with Crippen LogP contribution in [0.3, 0.4) is 0 Å². The molecule has 0 N–H and O–H groups in total. The van der Waals surface area contributed by atoms with E-state index in [0.29, 0.717) is 37.4 Å². The summed E-state index contributed by atoms with van der Waals surface area (Å²) < 4.78 is 35.3. The number of pyridine rings is 1. The van der Waals surface area contributed by atoms with Crippen molar-refractivity contribution in [3.05, 3.63) is 78.1 Å². The van der Waals surface area contributed by atoms with Crippen LogP contribution in [0.2, 0.25) is 0 Å². The summed E-state index contributed by atoms with van der Waals surface area (Å²) >= 11 is 0. The maximum Gasteiger partial charge on any atom is 0.245 e. The van der Waals surface area contributed by atoms with Crippen molar-refractivity contribution in [3.8, 4) is 11.4 Å². The molecule has 2 aliphatic heterocycles. The standard InChI is InChI=1S/C28H29N5O3S/c1-19-16-32(17-20(2)36-19)28-23-18-33(15-13-24(23)30-27(31-28)22-8-4-3-5-9-22)37(34,35)25-12-6-10-21-11-7-14-29-26(21)25/h3-12,14,19-20H,13,15-18H2,1-2H3. The Morgan fingerprint density at radius 1 is 0.919 bits per heavy atom. The summed E-state index contributed by atoms with van der Waals surface area (Å²) in [5.41, 5.74) is 3.20. The Bertz CT molecular complexity index is 1550. The molecule has 1 saturated heterocycles. The quantitative estimate of drug-likeness (QED) is 0.405. The molecule has 0 amide bonds. The van der Waals surface area contributed by atoms with Crippen molar-refractivity contribution in [3.63, 3.8) is 0 Å². The summed E-state index contributed by atoms with van der Waals surface area (Å²) in [6.07, 6.45) is 2.22. The van der Waals surface area contributed by atoms with E-state index >= 15 is 0 Å². The van der Waals surface area contributed by atoms with Gasteiger partial charge in [-0.05, 0) is 26.0 Å². The molecule has 2 atom stereocenters. The minimum atomic E-state index is -3.79. The lowest BCUT2D eigenvalue weighted by Crippen LogP contribution is -2.47. The SMILES string of the molecule is CC1CN(c2nc(-c3ccccc3)nc3c2CN(S(=O)(=O)c2cccc4cccnc24)CC3)CC(C)O1. The highest BCUT2D eigenvalue weighted by Gasteiger charge is 2.35. The summed E-state index contributed by atoms with van der Waals surface area (Å²) in [7, 11) is -3.79. The second-order valence-corrected chi connectivity index (χ2v) is 11.7. The number of ether oxygens (including phenoxy) is 1. The second-order valence-electron chi connectivity index (χ2n) is 9.74. The van der Waals surface area contributed by atoms with Crippen molar-refractivity contribution < 1.29 is 13.2 Å². The molecule has 8 nitrogen and oxygen atoms in total. The van der Waals surface area contributed by atoms with E-state index in [4.69, 9.17) is 14.7 Å². The Morgan fingerprint density at radius 2 is 1.68 bits per heavy atom. The number of rotatable bonds is 4. The van der Waals surface area contributed by atoms with Crippen LogP contribution in [0.1, 0.15) is 25.1 Å². The highest BCUT2D eigenvalue weighted by atomic mass is 32.2. The monoisotopic (exact) mass is 515 g/mol. The number of fused-ring (bicyclic) bond motifs is 2. The fourth-order valence-corrected chi connectivity index (χ4v) is 6.90. The molecular formula is C28H29N5O3S. The van der Waals surface area contributed by atoms with Crippen LogP contribution in [0.25, 0.3) is 22.3 Å². The van der Waals surface area contributed by atoms with Gasteiger partial charge in [-0.15, -0.1) is 0 Å². The zero-order valence-electron chi connectivity index (χ0n) is 20.9. The Balaban J connectivity index is 1.44. The molecule has 2 aliphatic rings. The van der Waals surface area contributed by atoms with Gasteiger partial charge >= 0.3 is 0 Å². The van der Waals surface area contributed by atoms with Gasteiger partial charge in [-0.25, -0.2) is 18.4 Å². The van der Waals surface area contributed by atoms with Crippen LogP contribution in [0.15, 0.2) is 71.8 Å². The Labute approximate surface area is 217 Å². The molecular weight excluding hydrogens is 486 g/mol. The number of morpholine rings is 1. The van der Waals surface area contributed by atoms with Crippen LogP contribution in [0, 0.1) is 0 Å².